The third-order valence-electron chi connectivity index (χ3n) is 1.66. The van der Waals surface area contributed by atoms with Crippen LogP contribution in [0, 0.1) is 6.92 Å². The van der Waals surface area contributed by atoms with Gasteiger partial charge in [-0.25, -0.2) is 0 Å². The summed E-state index contributed by atoms with van der Waals surface area (Å²) >= 11 is 3.34. The lowest BCUT2D eigenvalue weighted by atomic mass is 10.1. The maximum Gasteiger partial charge on any atom is 0.251 e. The Balaban J connectivity index is 3.09. The Morgan fingerprint density at radius 1 is 1.50 bits per heavy atom. The van der Waals surface area contributed by atoms with Gasteiger partial charge in [0.05, 0.1) is 0 Å². The van der Waals surface area contributed by atoms with Gasteiger partial charge in [-0.15, -0.1) is 0 Å². The Hall–Kier alpha value is -0.830. The zero-order valence-corrected chi connectivity index (χ0v) is 8.60. The lowest BCUT2D eigenvalue weighted by Crippen LogP contribution is -2.18. The molecule has 0 radical (unpaired) electrons. The highest BCUT2D eigenvalue weighted by Crippen LogP contribution is 2.15. The number of hydrogen-bond acceptors (Lipinski definition) is 1. The van der Waals surface area contributed by atoms with Crippen molar-refractivity contribution in [3.8, 4) is 0 Å². The van der Waals surface area contributed by atoms with Gasteiger partial charge in [-0.05, 0) is 30.7 Å². The monoisotopic (exact) mass is 227 g/mol. The summed E-state index contributed by atoms with van der Waals surface area (Å²) in [5.74, 6) is -0.0417. The lowest BCUT2D eigenvalue weighted by Gasteiger charge is -2.03. The van der Waals surface area contributed by atoms with Crippen LogP contribution in [0.1, 0.15) is 15.9 Å². The van der Waals surface area contributed by atoms with E-state index in [4.69, 9.17) is 0 Å². The van der Waals surface area contributed by atoms with E-state index in [-0.39, 0.29) is 5.91 Å². The number of aryl methyl sites for hydroxylation is 1. The molecule has 0 aliphatic heterocycles. The lowest BCUT2D eigenvalue weighted by molar-refractivity contribution is 0.0962. The van der Waals surface area contributed by atoms with Gasteiger partial charge in [0.15, 0.2) is 0 Å². The van der Waals surface area contributed by atoms with Crippen molar-refractivity contribution >= 4 is 21.8 Å². The van der Waals surface area contributed by atoms with Crippen molar-refractivity contribution in [3.63, 3.8) is 0 Å². The fourth-order valence-corrected chi connectivity index (χ4v) is 1.49. The van der Waals surface area contributed by atoms with E-state index in [1.165, 1.54) is 0 Å². The van der Waals surface area contributed by atoms with E-state index < -0.39 is 0 Å². The SMILES string of the molecule is CNC(=O)c1ccc(Br)cc1C. The highest BCUT2D eigenvalue weighted by molar-refractivity contribution is 9.10. The topological polar surface area (TPSA) is 29.1 Å². The molecule has 0 aliphatic rings. The van der Waals surface area contributed by atoms with E-state index >= 15 is 0 Å². The molecule has 1 amide bonds. The minimum absolute atomic E-state index is 0.0417. The molecule has 0 spiro atoms. The quantitative estimate of drug-likeness (QED) is 0.783. The second kappa shape index (κ2) is 3.72. The van der Waals surface area contributed by atoms with E-state index in [1.807, 2.05) is 19.1 Å². The van der Waals surface area contributed by atoms with Crippen molar-refractivity contribution in [2.45, 2.75) is 6.92 Å². The van der Waals surface area contributed by atoms with Crippen molar-refractivity contribution in [2.75, 3.05) is 7.05 Å². The van der Waals surface area contributed by atoms with Gasteiger partial charge in [-0.1, -0.05) is 15.9 Å². The van der Waals surface area contributed by atoms with Gasteiger partial charge in [0.25, 0.3) is 5.91 Å². The van der Waals surface area contributed by atoms with E-state index in [2.05, 4.69) is 21.2 Å². The predicted octanol–water partition coefficient (Wildman–Crippen LogP) is 2.12. The number of hydrogen-bond donors (Lipinski definition) is 1. The van der Waals surface area contributed by atoms with Crippen LogP contribution in [0.15, 0.2) is 22.7 Å². The van der Waals surface area contributed by atoms with Crippen LogP contribution in [-0.2, 0) is 0 Å². The van der Waals surface area contributed by atoms with Crippen LogP contribution < -0.4 is 5.32 Å². The molecular weight excluding hydrogens is 218 g/mol. The van der Waals surface area contributed by atoms with Crippen LogP contribution in [0.2, 0.25) is 0 Å². The van der Waals surface area contributed by atoms with Crippen molar-refractivity contribution in [2.24, 2.45) is 0 Å². The van der Waals surface area contributed by atoms with Crippen molar-refractivity contribution in [3.05, 3.63) is 33.8 Å². The molecule has 1 aromatic rings. The molecule has 1 aromatic carbocycles. The highest BCUT2D eigenvalue weighted by Gasteiger charge is 2.05. The standard InChI is InChI=1S/C9H10BrNO/c1-6-5-7(10)3-4-8(6)9(12)11-2/h3-5H,1-2H3,(H,11,12). The molecule has 1 N–H and O–H groups in total. The summed E-state index contributed by atoms with van der Waals surface area (Å²) in [5, 5.41) is 2.59. The molecule has 0 bridgehead atoms. The molecule has 0 saturated heterocycles. The van der Waals surface area contributed by atoms with Gasteiger partial charge in [0, 0.05) is 17.1 Å². The summed E-state index contributed by atoms with van der Waals surface area (Å²) in [6, 6.07) is 5.58. The van der Waals surface area contributed by atoms with Gasteiger partial charge >= 0.3 is 0 Å². The first-order valence-electron chi connectivity index (χ1n) is 3.63. The van der Waals surface area contributed by atoms with Gasteiger partial charge < -0.3 is 5.32 Å². The third-order valence-corrected chi connectivity index (χ3v) is 2.15. The molecule has 0 fully saturated rings. The predicted molar refractivity (Wildman–Crippen MR) is 52.3 cm³/mol. The summed E-state index contributed by atoms with van der Waals surface area (Å²) in [7, 11) is 1.63. The second-order valence-electron chi connectivity index (χ2n) is 2.54. The zero-order chi connectivity index (χ0) is 9.14. The fourth-order valence-electron chi connectivity index (χ4n) is 1.02. The largest absolute Gasteiger partial charge is 0.355 e. The number of benzene rings is 1. The van der Waals surface area contributed by atoms with Crippen LogP contribution in [0.3, 0.4) is 0 Å². The highest BCUT2D eigenvalue weighted by atomic mass is 79.9. The summed E-state index contributed by atoms with van der Waals surface area (Å²) in [5.41, 5.74) is 1.70. The maximum atomic E-state index is 11.2. The average Bonchev–Trinajstić information content (AvgIpc) is 2.03. The Morgan fingerprint density at radius 2 is 2.17 bits per heavy atom. The van der Waals surface area contributed by atoms with Crippen LogP contribution in [0.25, 0.3) is 0 Å². The summed E-state index contributed by atoms with van der Waals surface area (Å²) in [4.78, 5) is 11.2. The van der Waals surface area contributed by atoms with Gasteiger partial charge in [0.1, 0.15) is 0 Å². The van der Waals surface area contributed by atoms with E-state index in [1.54, 1.807) is 13.1 Å². The third kappa shape index (κ3) is 1.85. The van der Waals surface area contributed by atoms with Crippen LogP contribution in [0.4, 0.5) is 0 Å². The first kappa shape index (κ1) is 9.26. The van der Waals surface area contributed by atoms with Crippen molar-refractivity contribution < 1.29 is 4.79 Å². The fraction of sp³-hybridized carbons (Fsp3) is 0.222. The maximum absolute atomic E-state index is 11.2. The minimum atomic E-state index is -0.0417. The van der Waals surface area contributed by atoms with Gasteiger partial charge in [-0.2, -0.15) is 0 Å². The molecule has 1 rings (SSSR count). The minimum Gasteiger partial charge on any atom is -0.355 e. The van der Waals surface area contributed by atoms with Gasteiger partial charge in [-0.3, -0.25) is 4.79 Å². The molecule has 2 nitrogen and oxygen atoms in total. The molecular formula is C9H10BrNO. The Kier molecular flexibility index (Phi) is 2.87. The van der Waals surface area contributed by atoms with Crippen LogP contribution in [0.5, 0.6) is 0 Å². The Labute approximate surface area is 80.1 Å². The van der Waals surface area contributed by atoms with Crippen molar-refractivity contribution in [1.82, 2.24) is 5.32 Å². The number of carbonyl (C=O) groups excluding carboxylic acids is 1. The molecule has 0 heterocycles. The second-order valence-corrected chi connectivity index (χ2v) is 3.45. The number of carbonyl (C=O) groups is 1. The molecule has 64 valence electrons. The van der Waals surface area contributed by atoms with E-state index in [0.717, 1.165) is 15.6 Å². The molecule has 3 heteroatoms. The molecule has 0 saturated carbocycles. The number of nitrogens with one attached hydrogen (secondary N) is 1. The summed E-state index contributed by atoms with van der Waals surface area (Å²) in [6.07, 6.45) is 0. The summed E-state index contributed by atoms with van der Waals surface area (Å²) < 4.78 is 0.993. The van der Waals surface area contributed by atoms with E-state index in [0.29, 0.717) is 0 Å². The Morgan fingerprint density at radius 3 is 2.67 bits per heavy atom. The smallest absolute Gasteiger partial charge is 0.251 e. The first-order chi connectivity index (χ1) is 5.65. The van der Waals surface area contributed by atoms with Crippen LogP contribution in [-0.4, -0.2) is 13.0 Å². The number of rotatable bonds is 1. The summed E-state index contributed by atoms with van der Waals surface area (Å²) in [6.45, 7) is 1.91. The number of amides is 1. The Bertz CT molecular complexity index is 309. The molecule has 12 heavy (non-hydrogen) atoms. The van der Waals surface area contributed by atoms with Crippen molar-refractivity contribution in [1.29, 1.82) is 0 Å². The average molecular weight is 228 g/mol. The molecule has 0 unspecified atom stereocenters. The number of halogens is 1. The zero-order valence-electron chi connectivity index (χ0n) is 7.02. The normalized spacial score (nSPS) is 9.58. The first-order valence-corrected chi connectivity index (χ1v) is 4.42. The van der Waals surface area contributed by atoms with Gasteiger partial charge in [0.2, 0.25) is 0 Å². The van der Waals surface area contributed by atoms with E-state index in [9.17, 15) is 4.79 Å². The molecule has 0 aliphatic carbocycles. The molecule has 0 atom stereocenters. The van der Waals surface area contributed by atoms with Crippen LogP contribution >= 0.6 is 15.9 Å². The molecule has 0 aromatic heterocycles.